The third kappa shape index (κ3) is 2.00. The molecule has 0 amide bonds. The molecule has 3 rings (SSSR count). The fraction of sp³-hybridized carbons (Fsp3) is 0.294. The van der Waals surface area contributed by atoms with Crippen molar-refractivity contribution in [2.45, 2.75) is 34.1 Å². The Bertz CT molecular complexity index is 536. The fourth-order valence-corrected chi connectivity index (χ4v) is 2.47. The molecule has 2 aromatic rings. The molecular formula is C17H20. The van der Waals surface area contributed by atoms with Gasteiger partial charge in [-0.05, 0) is 48.1 Å². The van der Waals surface area contributed by atoms with E-state index >= 15 is 0 Å². The van der Waals surface area contributed by atoms with E-state index in [2.05, 4.69) is 50.2 Å². The van der Waals surface area contributed by atoms with Crippen LogP contribution in [0.15, 0.2) is 36.4 Å². The van der Waals surface area contributed by atoms with Gasteiger partial charge in [0.15, 0.2) is 0 Å². The minimum atomic E-state index is 1.11. The molecule has 0 spiro atoms. The molecular weight excluding hydrogens is 204 g/mol. The highest BCUT2D eigenvalue weighted by Crippen LogP contribution is 2.38. The molecule has 0 heterocycles. The van der Waals surface area contributed by atoms with Gasteiger partial charge in [-0.25, -0.2) is 0 Å². The molecule has 17 heavy (non-hydrogen) atoms. The van der Waals surface area contributed by atoms with Crippen molar-refractivity contribution in [2.24, 2.45) is 0 Å². The lowest BCUT2D eigenvalue weighted by molar-refractivity contribution is 1.21. The summed E-state index contributed by atoms with van der Waals surface area (Å²) >= 11 is 0. The van der Waals surface area contributed by atoms with Crippen LogP contribution in [0.25, 0.3) is 11.1 Å². The molecule has 0 aliphatic heterocycles. The molecule has 0 fully saturated rings. The van der Waals surface area contributed by atoms with Crippen LogP contribution in [0.4, 0.5) is 0 Å². The van der Waals surface area contributed by atoms with Gasteiger partial charge < -0.3 is 0 Å². The van der Waals surface area contributed by atoms with Crippen LogP contribution in [-0.2, 0) is 6.42 Å². The van der Waals surface area contributed by atoms with Crippen LogP contribution >= 0.6 is 0 Å². The van der Waals surface area contributed by atoms with Gasteiger partial charge >= 0.3 is 0 Å². The van der Waals surface area contributed by atoms with E-state index in [9.17, 15) is 0 Å². The van der Waals surface area contributed by atoms with Crippen molar-refractivity contribution >= 4 is 0 Å². The van der Waals surface area contributed by atoms with Crippen LogP contribution in [0.3, 0.4) is 0 Å². The molecule has 0 nitrogen and oxygen atoms in total. The van der Waals surface area contributed by atoms with Crippen molar-refractivity contribution in [3.63, 3.8) is 0 Å². The predicted molar refractivity (Wildman–Crippen MR) is 75.5 cm³/mol. The number of aryl methyl sites for hydroxylation is 2. The van der Waals surface area contributed by atoms with E-state index in [-0.39, 0.29) is 0 Å². The topological polar surface area (TPSA) is 0 Å². The summed E-state index contributed by atoms with van der Waals surface area (Å²) in [6.07, 6.45) is 1.11. The Hall–Kier alpha value is -1.56. The molecule has 0 heteroatoms. The van der Waals surface area contributed by atoms with Crippen LogP contribution in [0.5, 0.6) is 0 Å². The molecule has 1 aliphatic rings. The van der Waals surface area contributed by atoms with Crippen LogP contribution in [0.2, 0.25) is 0 Å². The van der Waals surface area contributed by atoms with Gasteiger partial charge in [0.05, 0.1) is 0 Å². The third-order valence-electron chi connectivity index (χ3n) is 3.33. The molecule has 1 aliphatic carbocycles. The van der Waals surface area contributed by atoms with Gasteiger partial charge in [-0.2, -0.15) is 0 Å². The molecule has 2 aromatic carbocycles. The van der Waals surface area contributed by atoms with Crippen LogP contribution in [0.1, 0.15) is 36.1 Å². The summed E-state index contributed by atoms with van der Waals surface area (Å²) in [5, 5.41) is 0. The fourth-order valence-electron chi connectivity index (χ4n) is 2.47. The Balaban J connectivity index is 0.000000514. The minimum absolute atomic E-state index is 1.11. The first-order valence-electron chi connectivity index (χ1n) is 6.44. The average molecular weight is 224 g/mol. The summed E-state index contributed by atoms with van der Waals surface area (Å²) in [5.41, 5.74) is 8.63. The van der Waals surface area contributed by atoms with Gasteiger partial charge in [-0.3, -0.25) is 0 Å². The van der Waals surface area contributed by atoms with Gasteiger partial charge in [-0.1, -0.05) is 55.8 Å². The van der Waals surface area contributed by atoms with Crippen molar-refractivity contribution < 1.29 is 0 Å². The number of fused-ring (bicyclic) bond motifs is 3. The van der Waals surface area contributed by atoms with Crippen molar-refractivity contribution in [2.75, 3.05) is 0 Å². The Kier molecular flexibility index (Phi) is 3.33. The molecule has 0 saturated heterocycles. The maximum atomic E-state index is 2.31. The summed E-state index contributed by atoms with van der Waals surface area (Å²) in [4.78, 5) is 0. The van der Waals surface area contributed by atoms with Crippen LogP contribution in [-0.4, -0.2) is 0 Å². The second-order valence-electron chi connectivity index (χ2n) is 4.44. The van der Waals surface area contributed by atoms with Gasteiger partial charge in [0, 0.05) is 0 Å². The molecule has 0 N–H and O–H groups in total. The summed E-state index contributed by atoms with van der Waals surface area (Å²) in [5.74, 6) is 0. The summed E-state index contributed by atoms with van der Waals surface area (Å²) in [6.45, 7) is 8.37. The summed E-state index contributed by atoms with van der Waals surface area (Å²) in [6, 6.07) is 13.4. The van der Waals surface area contributed by atoms with Crippen LogP contribution < -0.4 is 0 Å². The van der Waals surface area contributed by atoms with Crippen LogP contribution in [0, 0.1) is 13.8 Å². The van der Waals surface area contributed by atoms with Crippen molar-refractivity contribution in [3.8, 4) is 11.1 Å². The normalized spacial score (nSPS) is 11.3. The Labute approximate surface area is 104 Å². The van der Waals surface area contributed by atoms with E-state index in [1.807, 2.05) is 13.8 Å². The highest BCUT2D eigenvalue weighted by molar-refractivity contribution is 5.78. The Morgan fingerprint density at radius 3 is 2.41 bits per heavy atom. The number of hydrogen-bond donors (Lipinski definition) is 0. The first-order valence-corrected chi connectivity index (χ1v) is 6.44. The van der Waals surface area contributed by atoms with E-state index in [1.165, 1.54) is 33.4 Å². The Morgan fingerprint density at radius 2 is 1.65 bits per heavy atom. The number of benzene rings is 2. The van der Waals surface area contributed by atoms with E-state index in [4.69, 9.17) is 0 Å². The van der Waals surface area contributed by atoms with Crippen molar-refractivity contribution in [1.82, 2.24) is 0 Å². The van der Waals surface area contributed by atoms with Gasteiger partial charge in [0.1, 0.15) is 0 Å². The largest absolute Gasteiger partial charge is 0.0683 e. The van der Waals surface area contributed by atoms with Crippen molar-refractivity contribution in [3.05, 3.63) is 58.7 Å². The first-order chi connectivity index (χ1) is 8.25. The maximum absolute atomic E-state index is 2.31. The number of hydrogen-bond acceptors (Lipinski definition) is 0. The lowest BCUT2D eigenvalue weighted by Crippen LogP contribution is -1.84. The van der Waals surface area contributed by atoms with E-state index in [0.717, 1.165) is 6.42 Å². The monoisotopic (exact) mass is 224 g/mol. The zero-order valence-corrected chi connectivity index (χ0v) is 11.2. The molecule has 0 radical (unpaired) electrons. The maximum Gasteiger partial charge on any atom is -0.00108 e. The lowest BCUT2D eigenvalue weighted by Gasteiger charge is -2.03. The molecule has 0 bridgehead atoms. The second kappa shape index (κ2) is 4.75. The summed E-state index contributed by atoms with van der Waals surface area (Å²) in [7, 11) is 0. The second-order valence-corrected chi connectivity index (χ2v) is 4.44. The van der Waals surface area contributed by atoms with Gasteiger partial charge in [-0.15, -0.1) is 0 Å². The quantitative estimate of drug-likeness (QED) is 0.509. The number of rotatable bonds is 0. The predicted octanol–water partition coefficient (Wildman–Crippen LogP) is 4.90. The zero-order valence-electron chi connectivity index (χ0n) is 11.2. The Morgan fingerprint density at radius 1 is 0.882 bits per heavy atom. The van der Waals surface area contributed by atoms with Crippen molar-refractivity contribution in [1.29, 1.82) is 0 Å². The molecule has 0 unspecified atom stereocenters. The average Bonchev–Trinajstić information content (AvgIpc) is 2.72. The molecule has 88 valence electrons. The van der Waals surface area contributed by atoms with E-state index in [1.54, 1.807) is 0 Å². The lowest BCUT2D eigenvalue weighted by atomic mass is 10.0. The molecule has 0 atom stereocenters. The highest BCUT2D eigenvalue weighted by Gasteiger charge is 2.18. The minimum Gasteiger partial charge on any atom is -0.0683 e. The molecule has 0 saturated carbocycles. The van der Waals surface area contributed by atoms with E-state index < -0.39 is 0 Å². The first kappa shape index (κ1) is 11.9. The zero-order chi connectivity index (χ0) is 12.4. The third-order valence-corrected chi connectivity index (χ3v) is 3.33. The molecule has 0 aromatic heterocycles. The SMILES string of the molecule is CC.Cc1ccc2c(c1)-c1cccc(C)c1C2. The smallest absolute Gasteiger partial charge is 0.00108 e. The van der Waals surface area contributed by atoms with Gasteiger partial charge in [0.2, 0.25) is 0 Å². The summed E-state index contributed by atoms with van der Waals surface area (Å²) < 4.78 is 0. The van der Waals surface area contributed by atoms with E-state index in [0.29, 0.717) is 0 Å². The standard InChI is InChI=1S/C15H14.C2H6/c1-10-6-7-12-9-14-11(2)4-3-5-13(14)15(12)8-10;1-2/h3-8H,9H2,1-2H3;1-2H3. The highest BCUT2D eigenvalue weighted by atomic mass is 14.2. The van der Waals surface area contributed by atoms with Gasteiger partial charge in [0.25, 0.3) is 0 Å².